The molecule has 6 aromatic rings. The molecule has 254 valence electrons. The molecule has 6 aromatic carbocycles. The van der Waals surface area contributed by atoms with Crippen LogP contribution in [0.3, 0.4) is 0 Å². The van der Waals surface area contributed by atoms with Crippen LogP contribution in [0.4, 0.5) is 17.1 Å². The van der Waals surface area contributed by atoms with Crippen molar-refractivity contribution in [1.82, 2.24) is 0 Å². The maximum Gasteiger partial charge on any atom is 0.0465 e. The summed E-state index contributed by atoms with van der Waals surface area (Å²) in [4.78, 5) is 2.54. The minimum Gasteiger partial charge on any atom is -0.310 e. The van der Waals surface area contributed by atoms with E-state index >= 15 is 0 Å². The minimum absolute atomic E-state index is 0.116. The molecule has 0 N–H and O–H groups in total. The van der Waals surface area contributed by atoms with Gasteiger partial charge in [-0.05, 0) is 160 Å². The van der Waals surface area contributed by atoms with Gasteiger partial charge in [0.15, 0.2) is 0 Å². The lowest BCUT2D eigenvalue weighted by atomic mass is 9.81. The van der Waals surface area contributed by atoms with E-state index in [9.17, 15) is 0 Å². The molecule has 0 heterocycles. The summed E-state index contributed by atoms with van der Waals surface area (Å²) in [6, 6.07) is 49.2. The predicted octanol–water partition coefficient (Wildman–Crippen LogP) is 14.2. The van der Waals surface area contributed by atoms with E-state index in [0.29, 0.717) is 5.92 Å². The van der Waals surface area contributed by atoms with Crippen molar-refractivity contribution < 1.29 is 0 Å². The van der Waals surface area contributed by atoms with Crippen LogP contribution in [0.15, 0.2) is 127 Å². The van der Waals surface area contributed by atoms with Gasteiger partial charge in [-0.25, -0.2) is 0 Å². The Bertz CT molecular complexity index is 2250. The molecule has 2 bridgehead atoms. The van der Waals surface area contributed by atoms with Crippen LogP contribution in [-0.4, -0.2) is 0 Å². The molecule has 0 aromatic heterocycles. The molecule has 0 spiro atoms. The first-order chi connectivity index (χ1) is 25.0. The fourth-order valence-corrected chi connectivity index (χ4v) is 10.7. The van der Waals surface area contributed by atoms with Crippen molar-refractivity contribution in [2.45, 2.75) is 88.9 Å². The fraction of sp³-hybridized carbons (Fsp3) is 0.320. The van der Waals surface area contributed by atoms with Crippen LogP contribution in [0.1, 0.15) is 106 Å². The van der Waals surface area contributed by atoms with Gasteiger partial charge < -0.3 is 4.90 Å². The SMILES string of the molecule is CC1(C)c2cc(-c3ccc4ccccc4c3)ccc2-c2ccc(N(c3ccc(C4CC5CCC4C5)cc3)c3cccc(C4CCCCC4)c3)cc21. The van der Waals surface area contributed by atoms with Crippen molar-refractivity contribution >= 4 is 27.8 Å². The smallest absolute Gasteiger partial charge is 0.0465 e. The zero-order valence-corrected chi connectivity index (χ0v) is 30.2. The summed E-state index contributed by atoms with van der Waals surface area (Å²) < 4.78 is 0. The second-order valence-electron chi connectivity index (χ2n) is 16.8. The highest BCUT2D eigenvalue weighted by Gasteiger charge is 2.40. The van der Waals surface area contributed by atoms with Gasteiger partial charge in [0.2, 0.25) is 0 Å². The molecular formula is C50H49N. The van der Waals surface area contributed by atoms with Gasteiger partial charge in [0.05, 0.1) is 0 Å². The lowest BCUT2D eigenvalue weighted by molar-refractivity contribution is 0.420. The van der Waals surface area contributed by atoms with Crippen LogP contribution in [-0.2, 0) is 5.41 Å². The van der Waals surface area contributed by atoms with Crippen molar-refractivity contribution in [2.24, 2.45) is 11.8 Å². The third-order valence-electron chi connectivity index (χ3n) is 13.5. The van der Waals surface area contributed by atoms with Crippen LogP contribution in [0.25, 0.3) is 33.0 Å². The van der Waals surface area contributed by atoms with Crippen molar-refractivity contribution in [2.75, 3.05) is 4.90 Å². The first-order valence-corrected chi connectivity index (χ1v) is 19.8. The Kier molecular flexibility index (Phi) is 7.49. The average molecular weight is 664 g/mol. The van der Waals surface area contributed by atoms with E-state index in [1.54, 1.807) is 5.56 Å². The number of hydrogen-bond donors (Lipinski definition) is 0. The first-order valence-electron chi connectivity index (χ1n) is 19.8. The molecule has 51 heavy (non-hydrogen) atoms. The van der Waals surface area contributed by atoms with Crippen LogP contribution in [0.5, 0.6) is 0 Å². The first kappa shape index (κ1) is 31.1. The normalized spacial score (nSPS) is 21.9. The molecule has 3 atom stereocenters. The van der Waals surface area contributed by atoms with E-state index in [1.807, 2.05) is 0 Å². The van der Waals surface area contributed by atoms with E-state index in [4.69, 9.17) is 0 Å². The fourth-order valence-electron chi connectivity index (χ4n) is 10.7. The molecule has 3 fully saturated rings. The summed E-state index contributed by atoms with van der Waals surface area (Å²) in [5, 5.41) is 2.58. The average Bonchev–Trinajstić information content (AvgIpc) is 3.88. The molecule has 10 rings (SSSR count). The van der Waals surface area contributed by atoms with Crippen LogP contribution >= 0.6 is 0 Å². The van der Waals surface area contributed by atoms with E-state index in [0.717, 1.165) is 17.8 Å². The topological polar surface area (TPSA) is 3.24 Å². The number of benzene rings is 6. The van der Waals surface area contributed by atoms with Crippen molar-refractivity contribution in [3.8, 4) is 22.3 Å². The molecule has 0 radical (unpaired) electrons. The number of rotatable bonds is 6. The van der Waals surface area contributed by atoms with Gasteiger partial charge in [0, 0.05) is 22.5 Å². The molecule has 4 aliphatic rings. The Morgan fingerprint density at radius 2 is 1.22 bits per heavy atom. The highest BCUT2D eigenvalue weighted by atomic mass is 15.1. The molecular weight excluding hydrogens is 615 g/mol. The Morgan fingerprint density at radius 3 is 2.00 bits per heavy atom. The Balaban J connectivity index is 1.04. The van der Waals surface area contributed by atoms with E-state index < -0.39 is 0 Å². The van der Waals surface area contributed by atoms with Gasteiger partial charge in [-0.3, -0.25) is 0 Å². The molecule has 0 aliphatic heterocycles. The Labute approximate surface area is 304 Å². The summed E-state index contributed by atoms with van der Waals surface area (Å²) in [6.45, 7) is 4.84. The van der Waals surface area contributed by atoms with Crippen LogP contribution < -0.4 is 4.90 Å². The second kappa shape index (κ2) is 12.3. The third kappa shape index (κ3) is 5.35. The van der Waals surface area contributed by atoms with E-state index in [-0.39, 0.29) is 5.41 Å². The van der Waals surface area contributed by atoms with Crippen LogP contribution in [0.2, 0.25) is 0 Å². The van der Waals surface area contributed by atoms with Gasteiger partial charge in [-0.15, -0.1) is 0 Å². The van der Waals surface area contributed by atoms with Crippen molar-refractivity contribution in [3.05, 3.63) is 150 Å². The molecule has 3 unspecified atom stereocenters. The number of nitrogens with zero attached hydrogens (tertiary/aromatic N) is 1. The van der Waals surface area contributed by atoms with Gasteiger partial charge >= 0.3 is 0 Å². The summed E-state index contributed by atoms with van der Waals surface area (Å²) >= 11 is 0. The molecule has 1 heteroatoms. The largest absolute Gasteiger partial charge is 0.310 e. The summed E-state index contributed by atoms with van der Waals surface area (Å²) in [7, 11) is 0. The predicted molar refractivity (Wildman–Crippen MR) is 216 cm³/mol. The quantitative estimate of drug-likeness (QED) is 0.171. The maximum atomic E-state index is 2.54. The molecule has 3 saturated carbocycles. The standard InChI is InChI=1S/C50H49N/c1-50(2)48-31-40(39-18-17-35-11-6-7-12-37(35)29-39)21-25-45(48)46-26-24-44(32-49(46)50)51(43-14-8-13-38(30-43)34-9-4-3-5-10-34)42-22-19-36(20-23-42)47-28-33-15-16-41(47)27-33/h6-8,11-14,17-26,29-34,41,47H,3-5,9-10,15-16,27-28H2,1-2H3. The third-order valence-corrected chi connectivity index (χ3v) is 13.5. The maximum absolute atomic E-state index is 2.54. The monoisotopic (exact) mass is 663 g/mol. The number of anilines is 3. The molecule has 4 aliphatic carbocycles. The second-order valence-corrected chi connectivity index (χ2v) is 16.8. The summed E-state index contributed by atoms with van der Waals surface area (Å²) in [6.07, 6.45) is 12.4. The summed E-state index contributed by atoms with van der Waals surface area (Å²) in [5.74, 6) is 3.28. The van der Waals surface area contributed by atoms with Crippen molar-refractivity contribution in [1.29, 1.82) is 0 Å². The zero-order chi connectivity index (χ0) is 34.1. The Morgan fingerprint density at radius 1 is 0.510 bits per heavy atom. The minimum atomic E-state index is -0.116. The van der Waals surface area contributed by atoms with E-state index in [1.165, 1.54) is 125 Å². The lowest BCUT2D eigenvalue weighted by Gasteiger charge is -2.30. The van der Waals surface area contributed by atoms with Crippen molar-refractivity contribution in [3.63, 3.8) is 0 Å². The number of hydrogen-bond acceptors (Lipinski definition) is 1. The van der Waals surface area contributed by atoms with Gasteiger partial charge in [0.1, 0.15) is 0 Å². The van der Waals surface area contributed by atoms with Gasteiger partial charge in [0.25, 0.3) is 0 Å². The number of fused-ring (bicyclic) bond motifs is 6. The molecule has 0 amide bonds. The molecule has 1 nitrogen and oxygen atoms in total. The van der Waals surface area contributed by atoms with Gasteiger partial charge in [-0.1, -0.05) is 118 Å². The summed E-state index contributed by atoms with van der Waals surface area (Å²) in [5.41, 5.74) is 14.9. The van der Waals surface area contributed by atoms with E-state index in [2.05, 4.69) is 146 Å². The zero-order valence-electron chi connectivity index (χ0n) is 30.2. The lowest BCUT2D eigenvalue weighted by Crippen LogP contribution is -2.17. The highest BCUT2D eigenvalue weighted by Crippen LogP contribution is 2.54. The van der Waals surface area contributed by atoms with Crippen LogP contribution in [0, 0.1) is 11.8 Å². The molecule has 0 saturated heterocycles. The Hall–Kier alpha value is -4.62. The van der Waals surface area contributed by atoms with Gasteiger partial charge in [-0.2, -0.15) is 0 Å². The highest BCUT2D eigenvalue weighted by molar-refractivity contribution is 5.90.